The third kappa shape index (κ3) is 3.60. The Morgan fingerprint density at radius 3 is 2.50 bits per heavy atom. The van der Waals surface area contributed by atoms with Gasteiger partial charge in [0, 0.05) is 13.1 Å². The molecule has 1 aliphatic rings. The van der Waals surface area contributed by atoms with Crippen LogP contribution in [0.25, 0.3) is 0 Å². The summed E-state index contributed by atoms with van der Waals surface area (Å²) in [6, 6.07) is -0.482. The van der Waals surface area contributed by atoms with Crippen molar-refractivity contribution in [3.05, 3.63) is 0 Å². The largest absolute Gasteiger partial charge is 0.481 e. The lowest BCUT2D eigenvalue weighted by Gasteiger charge is -2.15. The fourth-order valence-electron chi connectivity index (χ4n) is 1.25. The Morgan fingerprint density at radius 2 is 2.14 bits per heavy atom. The Balaban J connectivity index is 2.55. The van der Waals surface area contributed by atoms with Crippen molar-refractivity contribution in [1.29, 1.82) is 0 Å². The van der Waals surface area contributed by atoms with Gasteiger partial charge in [-0.15, -0.1) is 0 Å². The van der Waals surface area contributed by atoms with Gasteiger partial charge in [0.2, 0.25) is 0 Å². The lowest BCUT2D eigenvalue weighted by Crippen LogP contribution is -2.43. The maximum Gasteiger partial charge on any atom is 0.304 e. The van der Waals surface area contributed by atoms with Crippen LogP contribution in [0.3, 0.4) is 0 Å². The predicted octanol–water partition coefficient (Wildman–Crippen LogP) is -0.707. The molecule has 0 aromatic rings. The van der Waals surface area contributed by atoms with E-state index in [2.05, 4.69) is 9.44 Å². The average Bonchev–Trinajstić information content (AvgIpc) is 2.84. The van der Waals surface area contributed by atoms with E-state index in [1.165, 1.54) is 7.05 Å². The zero-order valence-electron chi connectivity index (χ0n) is 7.86. The molecule has 1 rings (SSSR count). The minimum atomic E-state index is -3.53. The van der Waals surface area contributed by atoms with E-state index >= 15 is 0 Å². The van der Waals surface area contributed by atoms with Gasteiger partial charge in [0.05, 0.1) is 6.42 Å². The number of hydrogen-bond donors (Lipinski definition) is 3. The molecule has 0 aromatic heterocycles. The molecular formula is C7H14N2O4S. The van der Waals surface area contributed by atoms with Gasteiger partial charge in [0.25, 0.3) is 10.2 Å². The van der Waals surface area contributed by atoms with E-state index in [9.17, 15) is 13.2 Å². The van der Waals surface area contributed by atoms with Crippen molar-refractivity contribution < 1.29 is 18.3 Å². The van der Waals surface area contributed by atoms with Crippen molar-refractivity contribution in [2.45, 2.75) is 25.3 Å². The molecule has 0 amide bonds. The molecule has 0 heterocycles. The second-order valence-corrected chi connectivity index (χ2v) is 5.02. The number of aliphatic carboxylic acids is 1. The summed E-state index contributed by atoms with van der Waals surface area (Å²) in [6.07, 6.45) is 1.62. The molecule has 7 heteroatoms. The zero-order valence-corrected chi connectivity index (χ0v) is 8.67. The molecule has 6 nitrogen and oxygen atoms in total. The normalized spacial score (nSPS) is 19.2. The zero-order chi connectivity index (χ0) is 10.8. The van der Waals surface area contributed by atoms with E-state index in [0.717, 1.165) is 12.8 Å². The first kappa shape index (κ1) is 11.4. The predicted molar refractivity (Wildman–Crippen MR) is 49.9 cm³/mol. The smallest absolute Gasteiger partial charge is 0.304 e. The molecule has 14 heavy (non-hydrogen) atoms. The van der Waals surface area contributed by atoms with Crippen LogP contribution in [0, 0.1) is 5.92 Å². The molecule has 0 bridgehead atoms. The number of rotatable bonds is 6. The summed E-state index contributed by atoms with van der Waals surface area (Å²) in [5.74, 6) is -0.810. The Hall–Kier alpha value is -0.660. The van der Waals surface area contributed by atoms with Crippen molar-refractivity contribution in [1.82, 2.24) is 9.44 Å². The third-order valence-electron chi connectivity index (χ3n) is 2.16. The molecule has 0 aromatic carbocycles. The Morgan fingerprint density at radius 1 is 1.57 bits per heavy atom. The summed E-state index contributed by atoms with van der Waals surface area (Å²) >= 11 is 0. The van der Waals surface area contributed by atoms with Gasteiger partial charge in [-0.2, -0.15) is 13.1 Å². The number of hydrogen-bond acceptors (Lipinski definition) is 3. The van der Waals surface area contributed by atoms with Gasteiger partial charge in [-0.1, -0.05) is 0 Å². The van der Waals surface area contributed by atoms with Gasteiger partial charge in [0.1, 0.15) is 0 Å². The van der Waals surface area contributed by atoms with Crippen LogP contribution >= 0.6 is 0 Å². The van der Waals surface area contributed by atoms with E-state index in [0.29, 0.717) is 0 Å². The minimum Gasteiger partial charge on any atom is -0.481 e. The van der Waals surface area contributed by atoms with Gasteiger partial charge < -0.3 is 5.11 Å². The van der Waals surface area contributed by atoms with Gasteiger partial charge >= 0.3 is 5.97 Å². The van der Waals surface area contributed by atoms with E-state index in [1.807, 2.05) is 0 Å². The maximum atomic E-state index is 11.1. The number of carboxylic acids is 1. The van der Waals surface area contributed by atoms with Crippen LogP contribution < -0.4 is 9.44 Å². The average molecular weight is 222 g/mol. The highest BCUT2D eigenvalue weighted by atomic mass is 32.2. The van der Waals surface area contributed by atoms with Crippen LogP contribution in [0.1, 0.15) is 19.3 Å². The highest BCUT2D eigenvalue weighted by Gasteiger charge is 2.34. The van der Waals surface area contributed by atoms with E-state index < -0.39 is 22.2 Å². The molecule has 1 fully saturated rings. The van der Waals surface area contributed by atoms with Crippen LogP contribution in [-0.2, 0) is 15.0 Å². The lowest BCUT2D eigenvalue weighted by molar-refractivity contribution is -0.137. The molecule has 1 atom stereocenters. The van der Waals surface area contributed by atoms with E-state index in [-0.39, 0.29) is 12.3 Å². The van der Waals surface area contributed by atoms with Crippen molar-refractivity contribution in [3.8, 4) is 0 Å². The Bertz CT molecular complexity index is 310. The summed E-state index contributed by atoms with van der Waals surface area (Å²) in [4.78, 5) is 10.5. The fraction of sp³-hybridized carbons (Fsp3) is 0.857. The molecule has 0 radical (unpaired) electrons. The van der Waals surface area contributed by atoms with Crippen LogP contribution in [0.4, 0.5) is 0 Å². The summed E-state index contributed by atoms with van der Waals surface area (Å²) in [7, 11) is -2.25. The van der Waals surface area contributed by atoms with Gasteiger partial charge in [-0.25, -0.2) is 4.72 Å². The first-order valence-electron chi connectivity index (χ1n) is 4.37. The lowest BCUT2D eigenvalue weighted by atomic mass is 10.1. The monoisotopic (exact) mass is 222 g/mol. The molecule has 0 aliphatic heterocycles. The second-order valence-electron chi connectivity index (χ2n) is 3.37. The third-order valence-corrected chi connectivity index (χ3v) is 3.31. The topological polar surface area (TPSA) is 95.5 Å². The quantitative estimate of drug-likeness (QED) is 0.553. The highest BCUT2D eigenvalue weighted by Crippen LogP contribution is 2.34. The molecule has 3 N–H and O–H groups in total. The first-order valence-corrected chi connectivity index (χ1v) is 5.85. The van der Waals surface area contributed by atoms with Gasteiger partial charge in [0.15, 0.2) is 0 Å². The number of nitrogens with one attached hydrogen (secondary N) is 2. The number of carbonyl (C=O) groups is 1. The molecule has 1 aliphatic carbocycles. The second kappa shape index (κ2) is 4.24. The molecular weight excluding hydrogens is 208 g/mol. The Kier molecular flexibility index (Phi) is 3.46. The number of carboxylic acid groups (broad SMARTS) is 1. The molecule has 0 spiro atoms. The highest BCUT2D eigenvalue weighted by molar-refractivity contribution is 7.87. The van der Waals surface area contributed by atoms with Crippen LogP contribution in [0.2, 0.25) is 0 Å². The summed E-state index contributed by atoms with van der Waals surface area (Å²) in [5, 5.41) is 8.57. The molecule has 0 saturated heterocycles. The van der Waals surface area contributed by atoms with E-state index in [1.54, 1.807) is 0 Å². The molecule has 1 saturated carbocycles. The Labute approximate surface area is 82.9 Å². The maximum absolute atomic E-state index is 11.1. The minimum absolute atomic E-state index is 0.161. The van der Waals surface area contributed by atoms with E-state index in [4.69, 9.17) is 5.11 Å². The standard InChI is InChI=1S/C7H14N2O4S/c1-8-14(12,13)9-6(4-7(10)11)5-2-3-5/h5-6,8-9H,2-4H2,1H3,(H,10,11). The van der Waals surface area contributed by atoms with Crippen LogP contribution in [0.5, 0.6) is 0 Å². The summed E-state index contributed by atoms with van der Waals surface area (Å²) in [6.45, 7) is 0. The first-order chi connectivity index (χ1) is 6.44. The van der Waals surface area contributed by atoms with Crippen molar-refractivity contribution in [2.75, 3.05) is 7.05 Å². The van der Waals surface area contributed by atoms with Crippen LogP contribution in [-0.4, -0.2) is 32.6 Å². The van der Waals surface area contributed by atoms with Crippen molar-refractivity contribution in [2.24, 2.45) is 5.92 Å². The van der Waals surface area contributed by atoms with Gasteiger partial charge in [-0.05, 0) is 18.8 Å². The summed E-state index contributed by atoms with van der Waals surface area (Å²) in [5.41, 5.74) is 0. The van der Waals surface area contributed by atoms with Crippen molar-refractivity contribution in [3.63, 3.8) is 0 Å². The molecule has 82 valence electrons. The molecule has 1 unspecified atom stereocenters. The van der Waals surface area contributed by atoms with Crippen LogP contribution in [0.15, 0.2) is 0 Å². The van der Waals surface area contributed by atoms with Crippen molar-refractivity contribution >= 4 is 16.2 Å². The fourth-order valence-corrected chi connectivity index (χ4v) is 2.04. The SMILES string of the molecule is CNS(=O)(=O)NC(CC(=O)O)C1CC1. The summed E-state index contributed by atoms with van der Waals surface area (Å²) < 4.78 is 26.6. The van der Waals surface area contributed by atoms with Gasteiger partial charge in [-0.3, -0.25) is 4.79 Å².